The molecule has 2 unspecified atom stereocenters. The van der Waals surface area contributed by atoms with E-state index in [1.165, 1.54) is 107 Å². The lowest BCUT2D eigenvalue weighted by Crippen LogP contribution is -2.31. The molecule has 0 spiro atoms. The van der Waals surface area contributed by atoms with Gasteiger partial charge in [-0.3, -0.25) is 4.99 Å². The van der Waals surface area contributed by atoms with Crippen molar-refractivity contribution in [2.24, 2.45) is 10.9 Å². The number of allylic oxidation sites excluding steroid dienone is 9. The molecule has 0 N–H and O–H groups in total. The van der Waals surface area contributed by atoms with Crippen molar-refractivity contribution in [2.75, 3.05) is 0 Å². The van der Waals surface area contributed by atoms with Crippen LogP contribution in [0.3, 0.4) is 0 Å². The first-order valence-corrected chi connectivity index (χ1v) is 19.3. The Morgan fingerprint density at radius 1 is 0.558 bits per heavy atom. The van der Waals surface area contributed by atoms with Crippen molar-refractivity contribution in [2.45, 2.75) is 57.4 Å². The Morgan fingerprint density at radius 3 is 2.04 bits per heavy atom. The van der Waals surface area contributed by atoms with Gasteiger partial charge in [-0.1, -0.05) is 140 Å². The molecular formula is C51H43N. The van der Waals surface area contributed by atoms with E-state index < -0.39 is 0 Å². The molecule has 10 rings (SSSR count). The van der Waals surface area contributed by atoms with E-state index >= 15 is 0 Å². The predicted molar refractivity (Wildman–Crippen MR) is 222 cm³/mol. The Labute approximate surface area is 306 Å². The smallest absolute Gasteiger partial charge is 0.0792 e. The van der Waals surface area contributed by atoms with Crippen molar-refractivity contribution in [1.29, 1.82) is 0 Å². The molecule has 2 atom stereocenters. The highest BCUT2D eigenvalue weighted by Gasteiger charge is 2.27. The highest BCUT2D eigenvalue weighted by atomic mass is 14.8. The molecule has 0 radical (unpaired) electrons. The molecule has 0 saturated heterocycles. The maximum Gasteiger partial charge on any atom is 0.0792 e. The summed E-state index contributed by atoms with van der Waals surface area (Å²) in [4.78, 5) is 5.01. The standard InChI is InChI=1S/C51H43N/c1-2-13-35(14-3-1)39-22-11-24-42-41(39)23-12-26-44(42)51-47-20-8-6-18-45(47)50(46-19-7-9-21-48(46)51)37-29-27-34(28-30-37)38-31-32-52-49(33-38)43-25-10-16-36-15-4-5-17-40(36)43/h1-3,5-11,13-14,17-25,27,29,31-32,36,49H,4,12,15-16,26,28,30,33H2. The second-order valence-electron chi connectivity index (χ2n) is 15.0. The predicted octanol–water partition coefficient (Wildman–Crippen LogP) is 11.5. The van der Waals surface area contributed by atoms with Gasteiger partial charge in [0.05, 0.1) is 6.04 Å². The first kappa shape index (κ1) is 31.2. The van der Waals surface area contributed by atoms with Gasteiger partial charge in [-0.05, 0) is 151 Å². The van der Waals surface area contributed by atoms with Crippen LogP contribution in [0.2, 0.25) is 0 Å². The highest BCUT2D eigenvalue weighted by molar-refractivity contribution is 6.16. The van der Waals surface area contributed by atoms with Crippen LogP contribution in [-0.2, 0) is 0 Å². The second-order valence-corrected chi connectivity index (χ2v) is 15.0. The highest BCUT2D eigenvalue weighted by Crippen LogP contribution is 2.44. The minimum absolute atomic E-state index is 0.215. The van der Waals surface area contributed by atoms with Crippen LogP contribution >= 0.6 is 0 Å². The van der Waals surface area contributed by atoms with E-state index in [4.69, 9.17) is 4.99 Å². The summed E-state index contributed by atoms with van der Waals surface area (Å²) in [6, 6.07) is 36.3. The van der Waals surface area contributed by atoms with Gasteiger partial charge in [-0.15, -0.1) is 0 Å². The maximum atomic E-state index is 5.01. The largest absolute Gasteiger partial charge is 0.285 e. The topological polar surface area (TPSA) is 12.4 Å². The van der Waals surface area contributed by atoms with Crippen molar-refractivity contribution in [1.82, 2.24) is 0 Å². The fourth-order valence-electron chi connectivity index (χ4n) is 9.71. The lowest BCUT2D eigenvalue weighted by atomic mass is 9.77. The zero-order valence-corrected chi connectivity index (χ0v) is 29.7. The summed E-state index contributed by atoms with van der Waals surface area (Å²) in [5.74, 6) is 0.668. The number of rotatable bonds is 5. The van der Waals surface area contributed by atoms with E-state index in [0.29, 0.717) is 5.92 Å². The van der Waals surface area contributed by atoms with Gasteiger partial charge in [0.1, 0.15) is 0 Å². The molecule has 0 amide bonds. The molecule has 5 aromatic rings. The molecule has 1 heteroatoms. The average Bonchev–Trinajstić information content (AvgIpc) is 3.22. The van der Waals surface area contributed by atoms with Crippen LogP contribution in [-0.4, -0.2) is 12.3 Å². The molecule has 0 aromatic heterocycles. The van der Waals surface area contributed by atoms with E-state index in [1.54, 1.807) is 0 Å². The van der Waals surface area contributed by atoms with E-state index in [2.05, 4.69) is 152 Å². The van der Waals surface area contributed by atoms with Gasteiger partial charge in [-0.25, -0.2) is 0 Å². The Kier molecular flexibility index (Phi) is 7.94. The Bertz CT molecular complexity index is 2560. The van der Waals surface area contributed by atoms with Crippen molar-refractivity contribution >= 4 is 45.0 Å². The third-order valence-electron chi connectivity index (χ3n) is 12.2. The van der Waals surface area contributed by atoms with Crippen LogP contribution in [0, 0.1) is 5.92 Å². The maximum absolute atomic E-state index is 5.01. The Hall–Kier alpha value is -5.53. The van der Waals surface area contributed by atoms with Crippen molar-refractivity contribution < 1.29 is 0 Å². The first-order valence-electron chi connectivity index (χ1n) is 19.3. The number of aliphatic imine (C=N–C) groups is 1. The summed E-state index contributed by atoms with van der Waals surface area (Å²) < 4.78 is 0. The average molecular weight is 670 g/mol. The van der Waals surface area contributed by atoms with Gasteiger partial charge < -0.3 is 0 Å². The third-order valence-corrected chi connectivity index (χ3v) is 12.2. The molecule has 5 aromatic carbocycles. The number of benzene rings is 5. The lowest BCUT2D eigenvalue weighted by molar-refractivity contribution is 0.551. The molecule has 0 saturated carbocycles. The van der Waals surface area contributed by atoms with E-state index in [9.17, 15) is 0 Å². The molecule has 0 bridgehead atoms. The normalized spacial score (nSPS) is 21.0. The molecule has 1 heterocycles. The molecule has 0 fully saturated rings. The fourth-order valence-corrected chi connectivity index (χ4v) is 9.71. The van der Waals surface area contributed by atoms with E-state index in [1.807, 2.05) is 0 Å². The number of nitrogens with zero attached hydrogens (tertiary/aromatic N) is 1. The van der Waals surface area contributed by atoms with Crippen LogP contribution in [0.5, 0.6) is 0 Å². The molecular weight excluding hydrogens is 627 g/mol. The summed E-state index contributed by atoms with van der Waals surface area (Å²) in [5.41, 5.74) is 14.2. The first-order chi connectivity index (χ1) is 25.8. The quantitative estimate of drug-likeness (QED) is 0.165. The summed E-state index contributed by atoms with van der Waals surface area (Å²) in [5, 5.41) is 8.18. The van der Waals surface area contributed by atoms with Crippen molar-refractivity contribution in [3.05, 3.63) is 183 Å². The van der Waals surface area contributed by atoms with Crippen molar-refractivity contribution in [3.63, 3.8) is 0 Å². The zero-order chi connectivity index (χ0) is 34.4. The van der Waals surface area contributed by atoms with Gasteiger partial charge in [0.2, 0.25) is 0 Å². The molecule has 1 aliphatic heterocycles. The number of hydrogen-bond acceptors (Lipinski definition) is 1. The zero-order valence-electron chi connectivity index (χ0n) is 29.7. The summed E-state index contributed by atoms with van der Waals surface area (Å²) in [6.07, 6.45) is 29.9. The van der Waals surface area contributed by atoms with Gasteiger partial charge in [0.15, 0.2) is 0 Å². The van der Waals surface area contributed by atoms with Crippen LogP contribution in [0.1, 0.15) is 62.5 Å². The minimum Gasteiger partial charge on any atom is -0.285 e. The third kappa shape index (κ3) is 5.34. The van der Waals surface area contributed by atoms with E-state index in [0.717, 1.165) is 32.1 Å². The molecule has 52 heavy (non-hydrogen) atoms. The van der Waals surface area contributed by atoms with Crippen molar-refractivity contribution in [3.8, 4) is 11.1 Å². The SMILES string of the molecule is C1=CC2=C(C3CC(C4=CC=C(c5c6ccccc6c(C6=c7cccc(-c8ccccc8)c7=CCC6)c6ccccc56)CC4)=CC=N3)C=CCC2CC1. The summed E-state index contributed by atoms with van der Waals surface area (Å²) in [7, 11) is 0. The molecule has 252 valence electrons. The van der Waals surface area contributed by atoms with Gasteiger partial charge in [0.25, 0.3) is 0 Å². The van der Waals surface area contributed by atoms with Crippen LogP contribution in [0.15, 0.2) is 167 Å². The minimum atomic E-state index is 0.215. The molecule has 5 aliphatic rings. The lowest BCUT2D eigenvalue weighted by Gasteiger charge is -2.30. The molecule has 1 nitrogen and oxygen atoms in total. The number of dihydropyridines is 1. The van der Waals surface area contributed by atoms with Gasteiger partial charge in [-0.2, -0.15) is 0 Å². The fraction of sp³-hybridized carbons (Fsp3) is 0.196. The summed E-state index contributed by atoms with van der Waals surface area (Å²) in [6.45, 7) is 0. The number of hydrogen-bond donors (Lipinski definition) is 0. The number of fused-ring (bicyclic) bond motifs is 4. The van der Waals surface area contributed by atoms with Crippen LogP contribution in [0.25, 0.3) is 49.9 Å². The van der Waals surface area contributed by atoms with Crippen LogP contribution in [0.4, 0.5) is 0 Å². The molecule has 4 aliphatic carbocycles. The van der Waals surface area contributed by atoms with Gasteiger partial charge >= 0.3 is 0 Å². The Morgan fingerprint density at radius 2 is 1.27 bits per heavy atom. The van der Waals surface area contributed by atoms with Gasteiger partial charge in [0, 0.05) is 6.21 Å². The summed E-state index contributed by atoms with van der Waals surface area (Å²) >= 11 is 0. The van der Waals surface area contributed by atoms with E-state index in [-0.39, 0.29) is 6.04 Å². The second kappa shape index (κ2) is 13.2. The Balaban J connectivity index is 1.07. The monoisotopic (exact) mass is 669 g/mol. The van der Waals surface area contributed by atoms with Crippen LogP contribution < -0.4 is 10.4 Å².